The Kier molecular flexibility index (Phi) is 3.87. The van der Waals surface area contributed by atoms with Crippen molar-refractivity contribution in [1.29, 1.82) is 0 Å². The fourth-order valence-corrected chi connectivity index (χ4v) is 2.99. The minimum atomic E-state index is -0.0819. The molecule has 6 heteroatoms. The number of pyridine rings is 1. The third-order valence-corrected chi connectivity index (χ3v) is 4.48. The zero-order chi connectivity index (χ0) is 15.7. The number of amides is 1. The molecule has 0 saturated carbocycles. The molecule has 3 heterocycles. The molecule has 0 aromatic carbocycles. The van der Waals surface area contributed by atoms with E-state index in [-0.39, 0.29) is 11.3 Å². The summed E-state index contributed by atoms with van der Waals surface area (Å²) in [5.41, 5.74) is 2.63. The van der Waals surface area contributed by atoms with Gasteiger partial charge in [0.05, 0.1) is 16.6 Å². The Morgan fingerprint density at radius 3 is 2.86 bits per heavy atom. The zero-order valence-corrected chi connectivity index (χ0v) is 13.3. The van der Waals surface area contributed by atoms with Crippen LogP contribution in [0.25, 0.3) is 11.1 Å². The fraction of sp³-hybridized carbons (Fsp3) is 0.562. The number of nitrogens with zero attached hydrogens (tertiary/aromatic N) is 2. The van der Waals surface area contributed by atoms with Crippen molar-refractivity contribution in [2.24, 2.45) is 5.41 Å². The summed E-state index contributed by atoms with van der Waals surface area (Å²) < 4.78 is 5.19. The molecule has 1 fully saturated rings. The van der Waals surface area contributed by atoms with Crippen molar-refractivity contribution in [2.45, 2.75) is 33.6 Å². The Bertz CT molecular complexity index is 701. The first-order chi connectivity index (χ1) is 10.5. The van der Waals surface area contributed by atoms with E-state index in [0.29, 0.717) is 28.9 Å². The van der Waals surface area contributed by atoms with E-state index in [4.69, 9.17) is 4.52 Å². The highest BCUT2D eigenvalue weighted by Crippen LogP contribution is 2.27. The predicted molar refractivity (Wildman–Crippen MR) is 83.8 cm³/mol. The van der Waals surface area contributed by atoms with Crippen LogP contribution in [0.4, 0.5) is 0 Å². The number of rotatable bonds is 3. The van der Waals surface area contributed by atoms with Gasteiger partial charge in [-0.25, -0.2) is 4.98 Å². The lowest BCUT2D eigenvalue weighted by Gasteiger charge is -2.34. The number of aryl methyl sites for hydroxylation is 2. The smallest absolute Gasteiger partial charge is 0.258 e. The molecule has 2 aromatic rings. The summed E-state index contributed by atoms with van der Waals surface area (Å²) in [6.07, 6.45) is 2.15. The van der Waals surface area contributed by atoms with Crippen LogP contribution in [0.15, 0.2) is 10.6 Å². The Morgan fingerprint density at radius 2 is 2.14 bits per heavy atom. The highest BCUT2D eigenvalue weighted by atomic mass is 16.5. The Balaban J connectivity index is 1.81. The van der Waals surface area contributed by atoms with Crippen molar-refractivity contribution < 1.29 is 9.32 Å². The molecule has 0 bridgehead atoms. The van der Waals surface area contributed by atoms with Crippen LogP contribution in [-0.4, -0.2) is 35.7 Å². The van der Waals surface area contributed by atoms with Gasteiger partial charge < -0.3 is 15.2 Å². The van der Waals surface area contributed by atoms with E-state index in [0.717, 1.165) is 31.6 Å². The van der Waals surface area contributed by atoms with E-state index in [1.165, 1.54) is 0 Å². The van der Waals surface area contributed by atoms with Crippen LogP contribution in [-0.2, 0) is 0 Å². The van der Waals surface area contributed by atoms with Crippen molar-refractivity contribution in [3.63, 3.8) is 0 Å². The molecule has 1 aliphatic rings. The lowest BCUT2D eigenvalue weighted by Crippen LogP contribution is -2.42. The number of fused-ring (bicyclic) bond motifs is 1. The van der Waals surface area contributed by atoms with Crippen LogP contribution >= 0.6 is 0 Å². The van der Waals surface area contributed by atoms with E-state index in [9.17, 15) is 4.79 Å². The van der Waals surface area contributed by atoms with Crippen LogP contribution in [0.1, 0.15) is 41.5 Å². The van der Waals surface area contributed by atoms with Crippen LogP contribution in [0, 0.1) is 19.3 Å². The van der Waals surface area contributed by atoms with Crippen LogP contribution < -0.4 is 10.6 Å². The van der Waals surface area contributed by atoms with Gasteiger partial charge in [0, 0.05) is 12.2 Å². The molecule has 0 spiro atoms. The second-order valence-electron chi connectivity index (χ2n) is 6.50. The monoisotopic (exact) mass is 302 g/mol. The zero-order valence-electron chi connectivity index (χ0n) is 13.3. The second kappa shape index (κ2) is 5.68. The number of hydrogen-bond acceptors (Lipinski definition) is 5. The Labute approximate surface area is 129 Å². The number of nitrogens with one attached hydrogen (secondary N) is 2. The molecule has 22 heavy (non-hydrogen) atoms. The van der Waals surface area contributed by atoms with E-state index in [2.05, 4.69) is 27.7 Å². The highest BCUT2D eigenvalue weighted by molar-refractivity contribution is 6.06. The molecule has 0 unspecified atom stereocenters. The minimum absolute atomic E-state index is 0.0819. The molecule has 1 amide bonds. The highest BCUT2D eigenvalue weighted by Gasteiger charge is 2.28. The molecule has 3 rings (SSSR count). The van der Waals surface area contributed by atoms with E-state index < -0.39 is 0 Å². The number of piperidine rings is 1. The molecule has 0 atom stereocenters. The molecule has 118 valence electrons. The summed E-state index contributed by atoms with van der Waals surface area (Å²) in [5.74, 6) is -0.0819. The minimum Gasteiger partial charge on any atom is -0.351 e. The molecule has 0 aliphatic carbocycles. The third-order valence-electron chi connectivity index (χ3n) is 4.48. The maximum absolute atomic E-state index is 12.6. The molecular weight excluding hydrogens is 280 g/mol. The van der Waals surface area contributed by atoms with E-state index in [1.54, 1.807) is 6.07 Å². The summed E-state index contributed by atoms with van der Waals surface area (Å²) >= 11 is 0. The summed E-state index contributed by atoms with van der Waals surface area (Å²) in [6, 6.07) is 1.80. The van der Waals surface area contributed by atoms with Gasteiger partial charge in [0.25, 0.3) is 11.6 Å². The van der Waals surface area contributed by atoms with Crippen molar-refractivity contribution >= 4 is 17.0 Å². The average molecular weight is 302 g/mol. The van der Waals surface area contributed by atoms with Gasteiger partial charge in [-0.15, -0.1) is 0 Å². The maximum Gasteiger partial charge on any atom is 0.258 e. The Morgan fingerprint density at radius 1 is 1.41 bits per heavy atom. The van der Waals surface area contributed by atoms with Gasteiger partial charge in [-0.3, -0.25) is 4.79 Å². The average Bonchev–Trinajstić information content (AvgIpc) is 2.86. The van der Waals surface area contributed by atoms with Gasteiger partial charge >= 0.3 is 0 Å². The van der Waals surface area contributed by atoms with Crippen molar-refractivity contribution in [3.8, 4) is 0 Å². The first kappa shape index (κ1) is 15.0. The molecular formula is C16H22N4O2. The lowest BCUT2D eigenvalue weighted by molar-refractivity contribution is 0.0923. The molecule has 0 radical (unpaired) electrons. The summed E-state index contributed by atoms with van der Waals surface area (Å²) in [4.78, 5) is 16.9. The van der Waals surface area contributed by atoms with Crippen molar-refractivity contribution in [2.75, 3.05) is 19.6 Å². The molecule has 1 saturated heterocycles. The standard InChI is InChI=1S/C16H22N4O2/c1-10-8-12(13-11(2)20-22-15(13)19-10)14(21)18-9-16(3)4-6-17-7-5-16/h8,17H,4-7,9H2,1-3H3,(H,18,21). The molecule has 6 nitrogen and oxygen atoms in total. The van der Waals surface area contributed by atoms with E-state index in [1.807, 2.05) is 13.8 Å². The molecule has 1 aliphatic heterocycles. The van der Waals surface area contributed by atoms with Crippen molar-refractivity contribution in [1.82, 2.24) is 20.8 Å². The summed E-state index contributed by atoms with van der Waals surface area (Å²) in [7, 11) is 0. The fourth-order valence-electron chi connectivity index (χ4n) is 2.99. The van der Waals surface area contributed by atoms with Crippen LogP contribution in [0.3, 0.4) is 0 Å². The largest absolute Gasteiger partial charge is 0.351 e. The van der Waals surface area contributed by atoms with Crippen LogP contribution in [0.5, 0.6) is 0 Å². The first-order valence-corrected chi connectivity index (χ1v) is 7.71. The summed E-state index contributed by atoms with van der Waals surface area (Å²) in [5, 5.41) is 11.1. The van der Waals surface area contributed by atoms with Gasteiger partial charge in [-0.2, -0.15) is 0 Å². The van der Waals surface area contributed by atoms with Gasteiger partial charge in [0.1, 0.15) is 0 Å². The first-order valence-electron chi connectivity index (χ1n) is 7.71. The maximum atomic E-state index is 12.6. The number of carbonyl (C=O) groups excluding carboxylic acids is 1. The number of aromatic nitrogens is 2. The van der Waals surface area contributed by atoms with E-state index >= 15 is 0 Å². The van der Waals surface area contributed by atoms with Crippen LogP contribution in [0.2, 0.25) is 0 Å². The van der Waals surface area contributed by atoms with Gasteiger partial charge in [-0.05, 0) is 51.3 Å². The normalized spacial score (nSPS) is 17.6. The SMILES string of the molecule is Cc1cc(C(=O)NCC2(C)CCNCC2)c2c(C)noc2n1. The van der Waals surface area contributed by atoms with Gasteiger partial charge in [-0.1, -0.05) is 12.1 Å². The lowest BCUT2D eigenvalue weighted by atomic mass is 9.81. The number of hydrogen-bond donors (Lipinski definition) is 2. The van der Waals surface area contributed by atoms with Crippen molar-refractivity contribution in [3.05, 3.63) is 23.0 Å². The third kappa shape index (κ3) is 2.83. The quantitative estimate of drug-likeness (QED) is 0.906. The van der Waals surface area contributed by atoms with Gasteiger partial charge in [0.15, 0.2) is 0 Å². The second-order valence-corrected chi connectivity index (χ2v) is 6.50. The topological polar surface area (TPSA) is 80.0 Å². The summed E-state index contributed by atoms with van der Waals surface area (Å²) in [6.45, 7) is 8.61. The number of carbonyl (C=O) groups is 1. The van der Waals surface area contributed by atoms with Gasteiger partial charge in [0.2, 0.25) is 0 Å². The molecule has 2 aromatic heterocycles. The Hall–Kier alpha value is -1.95. The molecule has 2 N–H and O–H groups in total. The predicted octanol–water partition coefficient (Wildman–Crippen LogP) is 1.96.